The first kappa shape index (κ1) is 20.7. The first-order valence-electron chi connectivity index (χ1n) is 9.41. The van der Waals surface area contributed by atoms with Gasteiger partial charge in [0.2, 0.25) is 0 Å². The van der Waals surface area contributed by atoms with E-state index < -0.39 is 0 Å². The number of amides is 1. The van der Waals surface area contributed by atoms with Crippen LogP contribution in [-0.2, 0) is 6.42 Å². The Morgan fingerprint density at radius 2 is 1.90 bits per heavy atom. The minimum atomic E-state index is -0.351. The topological polar surface area (TPSA) is 70.1 Å². The van der Waals surface area contributed by atoms with Crippen molar-refractivity contribution in [1.82, 2.24) is 15.6 Å². The van der Waals surface area contributed by atoms with Crippen molar-refractivity contribution >= 4 is 34.1 Å². The Morgan fingerprint density at radius 3 is 2.59 bits per heavy atom. The summed E-state index contributed by atoms with van der Waals surface area (Å²) in [5, 5.41) is 11.0. The molecule has 3 aromatic rings. The molecule has 3 rings (SSSR count). The van der Waals surface area contributed by atoms with Gasteiger partial charge < -0.3 is 0 Å². The summed E-state index contributed by atoms with van der Waals surface area (Å²) in [6, 6.07) is 19.8. The van der Waals surface area contributed by atoms with E-state index in [1.165, 1.54) is 11.8 Å². The monoisotopic (exact) mass is 450 g/mol. The molecule has 0 fully saturated rings. The Hall–Kier alpha value is -2.99. The van der Waals surface area contributed by atoms with Gasteiger partial charge in [-0.2, -0.15) is 10.2 Å². The first-order chi connectivity index (χ1) is 14.0. The van der Waals surface area contributed by atoms with Crippen molar-refractivity contribution in [3.63, 3.8) is 0 Å². The van der Waals surface area contributed by atoms with Gasteiger partial charge in [0.15, 0.2) is 0 Å². The maximum absolute atomic E-state index is 12.3. The van der Waals surface area contributed by atoms with E-state index in [9.17, 15) is 4.79 Å². The van der Waals surface area contributed by atoms with Crippen molar-refractivity contribution in [3.8, 4) is 11.3 Å². The lowest BCUT2D eigenvalue weighted by atomic mass is 10.0. The van der Waals surface area contributed by atoms with E-state index in [0.717, 1.165) is 27.7 Å². The average molecular weight is 451 g/mol. The summed E-state index contributed by atoms with van der Waals surface area (Å²) in [5.74, 6) is 0.265. The highest BCUT2D eigenvalue weighted by Gasteiger charge is 2.10. The molecule has 0 aliphatic rings. The predicted octanol–water partition coefficient (Wildman–Crippen LogP) is 5.43. The number of nitrogens with one attached hydrogen (secondary N) is 2. The Bertz CT molecular complexity index is 1000. The number of hydrogen-bond acceptors (Lipinski definition) is 3. The van der Waals surface area contributed by atoms with Crippen LogP contribution >= 0.6 is 15.9 Å². The zero-order valence-electron chi connectivity index (χ0n) is 16.4. The SMILES string of the molecule is CC(C)Cc1ccc(-c2cc(C(=O)NN=CC(Br)=Cc3ccccc3)[nH]n2)cc1. The number of carbonyl (C=O) groups excluding carboxylic acids is 1. The summed E-state index contributed by atoms with van der Waals surface area (Å²) < 4.78 is 0.746. The van der Waals surface area contributed by atoms with E-state index in [0.29, 0.717) is 11.6 Å². The number of benzene rings is 2. The predicted molar refractivity (Wildman–Crippen MR) is 122 cm³/mol. The third-order valence-corrected chi connectivity index (χ3v) is 4.61. The van der Waals surface area contributed by atoms with Gasteiger partial charge in [0, 0.05) is 10.0 Å². The van der Waals surface area contributed by atoms with Crippen LogP contribution in [0.5, 0.6) is 0 Å². The highest BCUT2D eigenvalue weighted by atomic mass is 79.9. The summed E-state index contributed by atoms with van der Waals surface area (Å²) in [6.45, 7) is 4.40. The van der Waals surface area contributed by atoms with E-state index in [4.69, 9.17) is 0 Å². The normalized spacial score (nSPS) is 11.9. The molecule has 2 N–H and O–H groups in total. The molecule has 0 atom stereocenters. The molecule has 0 spiro atoms. The quantitative estimate of drug-likeness (QED) is 0.372. The molecule has 1 heterocycles. The molecule has 0 saturated heterocycles. The van der Waals surface area contributed by atoms with Crippen molar-refractivity contribution in [3.05, 3.63) is 82.0 Å². The highest BCUT2D eigenvalue weighted by Crippen LogP contribution is 2.19. The second-order valence-corrected chi connectivity index (χ2v) is 8.02. The van der Waals surface area contributed by atoms with Crippen LogP contribution in [0.4, 0.5) is 0 Å². The molecule has 5 nitrogen and oxygen atoms in total. The molecule has 148 valence electrons. The van der Waals surface area contributed by atoms with Crippen molar-refractivity contribution in [2.45, 2.75) is 20.3 Å². The van der Waals surface area contributed by atoms with Gasteiger partial charge in [0.25, 0.3) is 5.91 Å². The highest BCUT2D eigenvalue weighted by molar-refractivity contribution is 9.12. The Labute approximate surface area is 179 Å². The number of aromatic amines is 1. The Kier molecular flexibility index (Phi) is 7.14. The average Bonchev–Trinajstić information content (AvgIpc) is 3.19. The van der Waals surface area contributed by atoms with Gasteiger partial charge in [-0.25, -0.2) is 5.43 Å². The number of H-pyrrole nitrogens is 1. The molecule has 0 unspecified atom stereocenters. The fourth-order valence-electron chi connectivity index (χ4n) is 2.83. The van der Waals surface area contributed by atoms with Crippen LogP contribution < -0.4 is 5.43 Å². The molecular weight excluding hydrogens is 428 g/mol. The fraction of sp³-hybridized carbons (Fsp3) is 0.174. The maximum Gasteiger partial charge on any atom is 0.289 e. The second kappa shape index (κ2) is 9.98. The van der Waals surface area contributed by atoms with E-state index in [1.807, 2.05) is 48.5 Å². The van der Waals surface area contributed by atoms with Gasteiger partial charge in [0.05, 0.1) is 11.9 Å². The van der Waals surface area contributed by atoms with Crippen molar-refractivity contribution in [2.24, 2.45) is 11.0 Å². The van der Waals surface area contributed by atoms with Crippen molar-refractivity contribution < 1.29 is 4.79 Å². The van der Waals surface area contributed by atoms with Crippen LogP contribution in [-0.4, -0.2) is 22.3 Å². The first-order valence-corrected chi connectivity index (χ1v) is 10.2. The summed E-state index contributed by atoms with van der Waals surface area (Å²) in [6.07, 6.45) is 4.49. The number of nitrogens with zero attached hydrogens (tertiary/aromatic N) is 2. The molecule has 0 bridgehead atoms. The molecular formula is C23H23BrN4O. The van der Waals surface area contributed by atoms with Crippen LogP contribution in [0, 0.1) is 5.92 Å². The fourth-order valence-corrected chi connectivity index (χ4v) is 3.19. The molecule has 2 aromatic carbocycles. The molecule has 0 aliphatic carbocycles. The van der Waals surface area contributed by atoms with Gasteiger partial charge in [-0.05, 0) is 51.5 Å². The van der Waals surface area contributed by atoms with E-state index >= 15 is 0 Å². The van der Waals surface area contributed by atoms with Crippen LogP contribution in [0.25, 0.3) is 17.3 Å². The zero-order chi connectivity index (χ0) is 20.6. The van der Waals surface area contributed by atoms with Gasteiger partial charge in [-0.15, -0.1) is 0 Å². The molecule has 1 amide bonds. The number of aromatic nitrogens is 2. The van der Waals surface area contributed by atoms with E-state index in [1.54, 1.807) is 6.07 Å². The summed E-state index contributed by atoms with van der Waals surface area (Å²) in [5.41, 5.74) is 6.87. The molecule has 6 heteroatoms. The summed E-state index contributed by atoms with van der Waals surface area (Å²) in [7, 11) is 0. The largest absolute Gasteiger partial charge is 0.289 e. The maximum atomic E-state index is 12.3. The summed E-state index contributed by atoms with van der Waals surface area (Å²) >= 11 is 3.42. The number of hydrazone groups is 1. The van der Waals surface area contributed by atoms with Crippen molar-refractivity contribution in [2.75, 3.05) is 0 Å². The van der Waals surface area contributed by atoms with Gasteiger partial charge in [-0.3, -0.25) is 9.89 Å². The second-order valence-electron chi connectivity index (χ2n) is 7.10. The Morgan fingerprint density at radius 1 is 1.17 bits per heavy atom. The lowest BCUT2D eigenvalue weighted by Gasteiger charge is -2.05. The standard InChI is InChI=1S/C23H23BrN4O/c1-16(2)12-18-8-10-19(11-9-18)21-14-22(27-26-21)23(29)28-25-15-20(24)13-17-6-4-3-5-7-17/h3-11,13-16H,12H2,1-2H3,(H,26,27)(H,28,29). The molecule has 29 heavy (non-hydrogen) atoms. The number of rotatable bonds is 7. The smallest absolute Gasteiger partial charge is 0.272 e. The number of hydrogen-bond donors (Lipinski definition) is 2. The van der Waals surface area contributed by atoms with Gasteiger partial charge >= 0.3 is 0 Å². The van der Waals surface area contributed by atoms with Crippen LogP contribution in [0.3, 0.4) is 0 Å². The van der Waals surface area contributed by atoms with Gasteiger partial charge in [0.1, 0.15) is 5.69 Å². The number of halogens is 1. The third kappa shape index (κ3) is 6.26. The zero-order valence-corrected chi connectivity index (χ0v) is 18.0. The van der Waals surface area contributed by atoms with Crippen LogP contribution in [0.1, 0.15) is 35.5 Å². The van der Waals surface area contributed by atoms with E-state index in [-0.39, 0.29) is 5.91 Å². The minimum Gasteiger partial charge on any atom is -0.272 e. The van der Waals surface area contributed by atoms with E-state index in [2.05, 4.69) is 62.6 Å². The van der Waals surface area contributed by atoms with Gasteiger partial charge in [-0.1, -0.05) is 68.4 Å². The lowest BCUT2D eigenvalue weighted by molar-refractivity contribution is 0.0950. The third-order valence-electron chi connectivity index (χ3n) is 4.17. The molecule has 0 radical (unpaired) electrons. The molecule has 0 saturated carbocycles. The Balaban J connectivity index is 1.60. The lowest BCUT2D eigenvalue weighted by Crippen LogP contribution is -2.17. The number of carbonyl (C=O) groups is 1. The minimum absolute atomic E-state index is 0.351. The van der Waals surface area contributed by atoms with Crippen molar-refractivity contribution in [1.29, 1.82) is 0 Å². The summed E-state index contributed by atoms with van der Waals surface area (Å²) in [4.78, 5) is 12.3. The molecule has 0 aliphatic heterocycles. The van der Waals surface area contributed by atoms with Crippen LogP contribution in [0.2, 0.25) is 0 Å². The number of allylic oxidation sites excluding steroid dienone is 1. The van der Waals surface area contributed by atoms with Crippen LogP contribution in [0.15, 0.2) is 70.2 Å². The molecule has 1 aromatic heterocycles.